The maximum absolute atomic E-state index is 12.4. The third-order valence-corrected chi connectivity index (χ3v) is 4.90. The summed E-state index contributed by atoms with van der Waals surface area (Å²) in [6, 6.07) is 5.98. The summed E-state index contributed by atoms with van der Waals surface area (Å²) in [5, 5.41) is 2.54. The Bertz CT molecular complexity index is 948. The summed E-state index contributed by atoms with van der Waals surface area (Å²) < 4.78 is 32.0. The monoisotopic (exact) mass is 408 g/mol. The van der Waals surface area contributed by atoms with Crippen molar-refractivity contribution < 1.29 is 22.7 Å². The number of carbonyl (C=O) groups is 2. The number of anilines is 2. The van der Waals surface area contributed by atoms with E-state index in [-0.39, 0.29) is 16.8 Å². The van der Waals surface area contributed by atoms with Gasteiger partial charge >= 0.3 is 0 Å². The van der Waals surface area contributed by atoms with Gasteiger partial charge in [-0.3, -0.25) is 20.4 Å². The lowest BCUT2D eigenvalue weighted by Crippen LogP contribution is -2.46. The van der Waals surface area contributed by atoms with Crippen molar-refractivity contribution in [2.75, 3.05) is 17.9 Å². The molecule has 1 heterocycles. The molecule has 1 aromatic carbocycles. The molecule has 0 saturated carbocycles. The molecule has 2 aromatic rings. The Labute approximate surface area is 161 Å². The van der Waals surface area contributed by atoms with Gasteiger partial charge in [-0.25, -0.2) is 13.4 Å². The summed E-state index contributed by atoms with van der Waals surface area (Å²) in [7, 11) is -2.51. The molecule has 0 aliphatic carbocycles. The number of methoxy groups -OCH3 is 1. The zero-order valence-corrected chi connectivity index (χ0v) is 16.2. The van der Waals surface area contributed by atoms with Crippen LogP contribution in [0.1, 0.15) is 13.8 Å². The van der Waals surface area contributed by atoms with Gasteiger partial charge in [0, 0.05) is 24.9 Å². The Balaban J connectivity index is 1.96. The van der Waals surface area contributed by atoms with Gasteiger partial charge in [0.15, 0.2) is 0 Å². The van der Waals surface area contributed by atoms with Crippen LogP contribution >= 0.6 is 0 Å². The van der Waals surface area contributed by atoms with E-state index < -0.39 is 22.0 Å². The quantitative estimate of drug-likeness (QED) is 0.454. The molecule has 11 nitrogen and oxygen atoms in total. The number of hydrogen-bond donors (Lipinski definition) is 4. The molecule has 0 radical (unpaired) electrons. The van der Waals surface area contributed by atoms with E-state index in [2.05, 4.69) is 30.9 Å². The Morgan fingerprint density at radius 1 is 1.14 bits per heavy atom. The van der Waals surface area contributed by atoms with Gasteiger partial charge in [0.1, 0.15) is 0 Å². The minimum absolute atomic E-state index is 0.0506. The second kappa shape index (κ2) is 9.10. The van der Waals surface area contributed by atoms with Gasteiger partial charge in [0.05, 0.1) is 18.0 Å². The number of aromatic nitrogens is 2. The van der Waals surface area contributed by atoms with E-state index in [4.69, 9.17) is 4.74 Å². The van der Waals surface area contributed by atoms with Crippen LogP contribution in [0.5, 0.6) is 5.88 Å². The van der Waals surface area contributed by atoms with E-state index in [1.54, 1.807) is 0 Å². The Kier molecular flexibility index (Phi) is 6.84. The smallest absolute Gasteiger partial charge is 0.256 e. The fourth-order valence-corrected chi connectivity index (χ4v) is 3.22. The van der Waals surface area contributed by atoms with Crippen molar-refractivity contribution in [3.05, 3.63) is 36.5 Å². The molecule has 0 fully saturated rings. The van der Waals surface area contributed by atoms with Crippen LogP contribution in [0.25, 0.3) is 0 Å². The van der Waals surface area contributed by atoms with Gasteiger partial charge in [0.2, 0.25) is 27.8 Å². The summed E-state index contributed by atoms with van der Waals surface area (Å²) in [5.74, 6) is -0.545. The summed E-state index contributed by atoms with van der Waals surface area (Å²) in [6.45, 7) is 2.73. The molecular weight excluding hydrogens is 388 g/mol. The number of hydrazine groups is 1. The molecule has 0 spiro atoms. The topological polar surface area (TPSA) is 151 Å². The Morgan fingerprint density at radius 2 is 1.82 bits per heavy atom. The maximum Gasteiger partial charge on any atom is 0.256 e. The van der Waals surface area contributed by atoms with Crippen LogP contribution in [0.15, 0.2) is 41.4 Å². The van der Waals surface area contributed by atoms with Crippen LogP contribution < -0.4 is 25.6 Å². The zero-order valence-electron chi connectivity index (χ0n) is 15.4. The lowest BCUT2D eigenvalue weighted by atomic mass is 10.3. The standard InChI is InChI=1S/C16H20N6O5S/c1-10(15(24)20-21-16-17-9-8-14(19-16)27-3)22-28(25,26)13-6-4-12(5-7-13)18-11(2)23/h4-10,22H,1-3H3,(H,18,23)(H,20,24)(H,17,19,21)/t10-/m0/s1. The zero-order chi connectivity index (χ0) is 20.7. The van der Waals surface area contributed by atoms with Crippen molar-refractivity contribution in [2.24, 2.45) is 0 Å². The predicted molar refractivity (Wildman–Crippen MR) is 101 cm³/mol. The Morgan fingerprint density at radius 3 is 2.43 bits per heavy atom. The van der Waals surface area contributed by atoms with Crippen molar-refractivity contribution >= 4 is 33.5 Å². The normalized spacial score (nSPS) is 12.0. The highest BCUT2D eigenvalue weighted by atomic mass is 32.2. The molecular formula is C16H20N6O5S. The predicted octanol–water partition coefficient (Wildman–Crippen LogP) is 0.254. The van der Waals surface area contributed by atoms with E-state index in [0.717, 1.165) is 0 Å². The number of nitrogens with one attached hydrogen (secondary N) is 4. The van der Waals surface area contributed by atoms with Crippen molar-refractivity contribution in [3.8, 4) is 5.88 Å². The van der Waals surface area contributed by atoms with Crippen molar-refractivity contribution in [3.63, 3.8) is 0 Å². The number of benzene rings is 1. The van der Waals surface area contributed by atoms with E-state index in [1.165, 1.54) is 57.5 Å². The first kappa shape index (κ1) is 21.1. The molecule has 28 heavy (non-hydrogen) atoms. The number of sulfonamides is 1. The van der Waals surface area contributed by atoms with Crippen LogP contribution in [-0.2, 0) is 19.6 Å². The largest absolute Gasteiger partial charge is 0.481 e. The SMILES string of the molecule is COc1ccnc(NNC(=O)[C@H](C)NS(=O)(=O)c2ccc(NC(C)=O)cc2)n1. The molecule has 0 aliphatic rings. The number of carbonyl (C=O) groups excluding carboxylic acids is 2. The van der Waals surface area contributed by atoms with Crippen LogP contribution in [-0.4, -0.2) is 43.4 Å². The second-order valence-electron chi connectivity index (χ2n) is 5.59. The van der Waals surface area contributed by atoms with E-state index in [9.17, 15) is 18.0 Å². The minimum Gasteiger partial charge on any atom is -0.481 e. The number of ether oxygens (including phenoxy) is 1. The first-order valence-corrected chi connectivity index (χ1v) is 9.52. The summed E-state index contributed by atoms with van der Waals surface area (Å²) in [6.07, 6.45) is 1.43. The van der Waals surface area contributed by atoms with Crippen LogP contribution in [0.3, 0.4) is 0 Å². The fraction of sp³-hybridized carbons (Fsp3) is 0.250. The molecule has 0 bridgehead atoms. The number of rotatable bonds is 8. The highest BCUT2D eigenvalue weighted by molar-refractivity contribution is 7.89. The van der Waals surface area contributed by atoms with Gasteiger partial charge < -0.3 is 10.1 Å². The van der Waals surface area contributed by atoms with Crippen LogP contribution in [0, 0.1) is 0 Å². The second-order valence-corrected chi connectivity index (χ2v) is 7.30. The lowest BCUT2D eigenvalue weighted by Gasteiger charge is -2.15. The van der Waals surface area contributed by atoms with Crippen molar-refractivity contribution in [1.29, 1.82) is 0 Å². The molecule has 1 atom stereocenters. The molecule has 4 N–H and O–H groups in total. The molecule has 150 valence electrons. The van der Waals surface area contributed by atoms with E-state index in [0.29, 0.717) is 11.6 Å². The highest BCUT2D eigenvalue weighted by Gasteiger charge is 2.22. The molecule has 0 unspecified atom stereocenters. The van der Waals surface area contributed by atoms with Crippen molar-refractivity contribution in [2.45, 2.75) is 24.8 Å². The first-order valence-electron chi connectivity index (χ1n) is 8.04. The average molecular weight is 408 g/mol. The molecule has 2 rings (SSSR count). The van der Waals surface area contributed by atoms with Gasteiger partial charge in [-0.2, -0.15) is 9.71 Å². The van der Waals surface area contributed by atoms with Crippen LogP contribution in [0.2, 0.25) is 0 Å². The molecule has 12 heteroatoms. The van der Waals surface area contributed by atoms with E-state index >= 15 is 0 Å². The van der Waals surface area contributed by atoms with Gasteiger partial charge in [-0.15, -0.1) is 0 Å². The van der Waals surface area contributed by atoms with Crippen molar-refractivity contribution in [1.82, 2.24) is 20.1 Å². The highest BCUT2D eigenvalue weighted by Crippen LogP contribution is 2.14. The lowest BCUT2D eigenvalue weighted by molar-refractivity contribution is -0.121. The minimum atomic E-state index is -3.95. The molecule has 1 aromatic heterocycles. The summed E-state index contributed by atoms with van der Waals surface area (Å²) >= 11 is 0. The average Bonchev–Trinajstić information content (AvgIpc) is 2.65. The van der Waals surface area contributed by atoms with Gasteiger partial charge in [-0.1, -0.05) is 0 Å². The first-order chi connectivity index (χ1) is 13.2. The molecule has 0 saturated heterocycles. The number of amides is 2. The van der Waals surface area contributed by atoms with Gasteiger partial charge in [-0.05, 0) is 31.2 Å². The summed E-state index contributed by atoms with van der Waals surface area (Å²) in [4.78, 5) is 30.9. The molecule has 0 aliphatic heterocycles. The summed E-state index contributed by atoms with van der Waals surface area (Å²) in [5.41, 5.74) is 5.24. The van der Waals surface area contributed by atoms with Gasteiger partial charge in [0.25, 0.3) is 5.91 Å². The number of nitrogens with zero attached hydrogens (tertiary/aromatic N) is 2. The maximum atomic E-state index is 12.4. The Hall–Kier alpha value is -3.25. The van der Waals surface area contributed by atoms with Crippen LogP contribution in [0.4, 0.5) is 11.6 Å². The fourth-order valence-electron chi connectivity index (χ4n) is 2.02. The number of hydrogen-bond acceptors (Lipinski definition) is 8. The van der Waals surface area contributed by atoms with E-state index in [1.807, 2.05) is 0 Å². The third kappa shape index (κ3) is 5.89. The third-order valence-electron chi connectivity index (χ3n) is 3.35. The molecule has 2 amide bonds.